The van der Waals surface area contributed by atoms with E-state index in [0.29, 0.717) is 5.56 Å². The van der Waals surface area contributed by atoms with Crippen LogP contribution in [0.4, 0.5) is 4.79 Å². The average Bonchev–Trinajstić information content (AvgIpc) is 2.26. The molecule has 0 bridgehead atoms. The summed E-state index contributed by atoms with van der Waals surface area (Å²) in [5.41, 5.74) is -2.62. The SMILES string of the molecule is CC(C)(C)OC(=O)N[C@](O)(Cc1ccccc1)C(=O)O. The van der Waals surface area contributed by atoms with Gasteiger partial charge in [0.25, 0.3) is 0 Å². The number of carboxylic acids is 1. The van der Waals surface area contributed by atoms with Crippen molar-refractivity contribution >= 4 is 12.1 Å². The molecule has 0 heterocycles. The fourth-order valence-electron chi connectivity index (χ4n) is 1.54. The van der Waals surface area contributed by atoms with Crippen LogP contribution in [0.2, 0.25) is 0 Å². The van der Waals surface area contributed by atoms with Crippen molar-refractivity contribution in [3.8, 4) is 0 Å². The maximum Gasteiger partial charge on any atom is 0.410 e. The molecule has 1 aromatic rings. The van der Waals surface area contributed by atoms with Crippen LogP contribution in [0.3, 0.4) is 0 Å². The first-order chi connectivity index (χ1) is 9.12. The summed E-state index contributed by atoms with van der Waals surface area (Å²) >= 11 is 0. The first-order valence-corrected chi connectivity index (χ1v) is 6.13. The molecule has 0 fully saturated rings. The summed E-state index contributed by atoms with van der Waals surface area (Å²) in [4.78, 5) is 22.8. The Kier molecular flexibility index (Phi) is 4.73. The molecule has 1 atom stereocenters. The molecule has 20 heavy (non-hydrogen) atoms. The third kappa shape index (κ3) is 4.89. The van der Waals surface area contributed by atoms with Gasteiger partial charge in [0.15, 0.2) is 0 Å². The van der Waals surface area contributed by atoms with Crippen LogP contribution < -0.4 is 5.32 Å². The zero-order valence-electron chi connectivity index (χ0n) is 11.7. The molecule has 1 rings (SSSR count). The van der Waals surface area contributed by atoms with E-state index >= 15 is 0 Å². The number of rotatable bonds is 4. The van der Waals surface area contributed by atoms with Gasteiger partial charge in [-0.1, -0.05) is 30.3 Å². The van der Waals surface area contributed by atoms with Crippen LogP contribution >= 0.6 is 0 Å². The summed E-state index contributed by atoms with van der Waals surface area (Å²) < 4.78 is 4.95. The van der Waals surface area contributed by atoms with E-state index in [9.17, 15) is 14.7 Å². The van der Waals surface area contributed by atoms with Crippen molar-refractivity contribution in [1.29, 1.82) is 0 Å². The maximum atomic E-state index is 11.6. The highest BCUT2D eigenvalue weighted by Crippen LogP contribution is 2.13. The van der Waals surface area contributed by atoms with Crippen molar-refractivity contribution in [3.05, 3.63) is 35.9 Å². The van der Waals surface area contributed by atoms with Gasteiger partial charge >= 0.3 is 12.1 Å². The Morgan fingerprint density at radius 1 is 1.20 bits per heavy atom. The number of benzene rings is 1. The summed E-state index contributed by atoms with van der Waals surface area (Å²) in [6, 6.07) is 8.51. The van der Waals surface area contributed by atoms with Crippen molar-refractivity contribution < 1.29 is 24.5 Å². The Morgan fingerprint density at radius 3 is 2.20 bits per heavy atom. The largest absolute Gasteiger partial charge is 0.478 e. The monoisotopic (exact) mass is 281 g/mol. The Balaban J connectivity index is 2.82. The van der Waals surface area contributed by atoms with Gasteiger partial charge in [0.1, 0.15) is 5.60 Å². The lowest BCUT2D eigenvalue weighted by Gasteiger charge is -2.27. The smallest absolute Gasteiger partial charge is 0.410 e. The number of carbonyl (C=O) groups is 2. The molecule has 0 unspecified atom stereocenters. The number of amides is 1. The summed E-state index contributed by atoms with van der Waals surface area (Å²) in [6.45, 7) is 4.93. The fourth-order valence-corrected chi connectivity index (χ4v) is 1.54. The molecular formula is C14H19NO5. The number of alkyl carbamates (subject to hydrolysis) is 1. The Bertz CT molecular complexity index is 480. The number of nitrogens with one attached hydrogen (secondary N) is 1. The molecule has 3 N–H and O–H groups in total. The molecule has 0 aliphatic carbocycles. The summed E-state index contributed by atoms with van der Waals surface area (Å²) in [7, 11) is 0. The van der Waals surface area contributed by atoms with Gasteiger partial charge in [0.05, 0.1) is 0 Å². The molecule has 0 aliphatic heterocycles. The van der Waals surface area contributed by atoms with E-state index in [1.54, 1.807) is 51.1 Å². The first kappa shape index (κ1) is 16.0. The van der Waals surface area contributed by atoms with Crippen molar-refractivity contribution in [2.75, 3.05) is 0 Å². The van der Waals surface area contributed by atoms with Crippen molar-refractivity contribution in [2.24, 2.45) is 0 Å². The predicted octanol–water partition coefficient (Wildman–Crippen LogP) is 1.53. The molecule has 0 aromatic heterocycles. The highest BCUT2D eigenvalue weighted by Gasteiger charge is 2.39. The molecule has 6 nitrogen and oxygen atoms in total. The second kappa shape index (κ2) is 5.92. The minimum Gasteiger partial charge on any atom is -0.478 e. The second-order valence-electron chi connectivity index (χ2n) is 5.45. The molecular weight excluding hydrogens is 262 g/mol. The van der Waals surface area contributed by atoms with E-state index in [-0.39, 0.29) is 6.42 Å². The van der Waals surface area contributed by atoms with E-state index in [0.717, 1.165) is 0 Å². The lowest BCUT2D eigenvalue weighted by atomic mass is 10.0. The highest BCUT2D eigenvalue weighted by molar-refractivity contribution is 5.82. The lowest BCUT2D eigenvalue weighted by molar-refractivity contribution is -0.161. The third-order valence-corrected chi connectivity index (χ3v) is 2.36. The number of hydrogen-bond donors (Lipinski definition) is 3. The van der Waals surface area contributed by atoms with Gasteiger partial charge in [0.2, 0.25) is 5.72 Å². The molecule has 110 valence electrons. The minimum absolute atomic E-state index is 0.261. The predicted molar refractivity (Wildman–Crippen MR) is 72.1 cm³/mol. The standard InChI is InChI=1S/C14H19NO5/c1-13(2,3)20-12(18)15-14(19,11(16)17)9-10-7-5-4-6-8-10/h4-8,19H,9H2,1-3H3,(H,15,18)(H,16,17)/t14-/m0/s1. The first-order valence-electron chi connectivity index (χ1n) is 6.13. The molecule has 6 heteroatoms. The van der Waals surface area contributed by atoms with Gasteiger partial charge in [-0.15, -0.1) is 0 Å². The van der Waals surface area contributed by atoms with Crippen LogP contribution in [0.5, 0.6) is 0 Å². The number of hydrogen-bond acceptors (Lipinski definition) is 4. The molecule has 1 aromatic carbocycles. The summed E-state index contributed by atoms with van der Waals surface area (Å²) in [5.74, 6) is -1.55. The van der Waals surface area contributed by atoms with E-state index in [2.05, 4.69) is 0 Å². The van der Waals surface area contributed by atoms with Crippen LogP contribution in [0.25, 0.3) is 0 Å². The van der Waals surface area contributed by atoms with E-state index in [1.165, 1.54) is 0 Å². The summed E-state index contributed by atoms with van der Waals surface area (Å²) in [6.07, 6.45) is -1.25. The molecule has 0 saturated heterocycles. The molecule has 0 radical (unpaired) electrons. The normalized spacial score (nSPS) is 14.2. The van der Waals surface area contributed by atoms with Crippen LogP contribution in [-0.2, 0) is 16.0 Å². The van der Waals surface area contributed by atoms with Gasteiger partial charge < -0.3 is 14.9 Å². The maximum absolute atomic E-state index is 11.6. The third-order valence-electron chi connectivity index (χ3n) is 2.36. The quantitative estimate of drug-likeness (QED) is 0.727. The lowest BCUT2D eigenvalue weighted by Crippen LogP contribution is -2.57. The van der Waals surface area contributed by atoms with Crippen LogP contribution in [0, 0.1) is 0 Å². The molecule has 0 aliphatic rings. The van der Waals surface area contributed by atoms with E-state index < -0.39 is 23.4 Å². The summed E-state index contributed by atoms with van der Waals surface area (Å²) in [5, 5.41) is 21.2. The number of aliphatic carboxylic acids is 1. The van der Waals surface area contributed by atoms with Crippen LogP contribution in [0.15, 0.2) is 30.3 Å². The molecule has 0 saturated carbocycles. The minimum atomic E-state index is -2.41. The number of carboxylic acid groups (broad SMARTS) is 1. The van der Waals surface area contributed by atoms with Gasteiger partial charge in [-0.2, -0.15) is 0 Å². The van der Waals surface area contributed by atoms with Crippen molar-refractivity contribution in [3.63, 3.8) is 0 Å². The topological polar surface area (TPSA) is 95.9 Å². The van der Waals surface area contributed by atoms with E-state index in [1.807, 2.05) is 5.32 Å². The van der Waals surface area contributed by atoms with Gasteiger partial charge in [0, 0.05) is 6.42 Å². The highest BCUT2D eigenvalue weighted by atomic mass is 16.6. The van der Waals surface area contributed by atoms with Crippen LogP contribution in [0.1, 0.15) is 26.3 Å². The van der Waals surface area contributed by atoms with Gasteiger partial charge in [-0.05, 0) is 26.3 Å². The van der Waals surface area contributed by atoms with Crippen molar-refractivity contribution in [2.45, 2.75) is 38.5 Å². The molecule has 1 amide bonds. The van der Waals surface area contributed by atoms with Gasteiger partial charge in [-0.3, -0.25) is 5.32 Å². The van der Waals surface area contributed by atoms with E-state index in [4.69, 9.17) is 9.84 Å². The fraction of sp³-hybridized carbons (Fsp3) is 0.429. The number of carbonyl (C=O) groups excluding carboxylic acids is 1. The number of aliphatic hydroxyl groups is 1. The second-order valence-corrected chi connectivity index (χ2v) is 5.45. The molecule has 0 spiro atoms. The Morgan fingerprint density at radius 2 is 1.75 bits per heavy atom. The Hall–Kier alpha value is -2.08. The van der Waals surface area contributed by atoms with Crippen molar-refractivity contribution in [1.82, 2.24) is 5.32 Å². The zero-order valence-corrected chi connectivity index (χ0v) is 11.7. The zero-order chi connectivity index (χ0) is 15.4. The van der Waals surface area contributed by atoms with Gasteiger partial charge in [-0.25, -0.2) is 9.59 Å². The number of ether oxygens (including phenoxy) is 1. The average molecular weight is 281 g/mol. The van der Waals surface area contributed by atoms with Crippen LogP contribution in [-0.4, -0.2) is 33.6 Å². The Labute approximate surface area is 117 Å².